The molecule has 0 fully saturated rings. The van der Waals surface area contributed by atoms with Gasteiger partial charge in [0.1, 0.15) is 0 Å². The van der Waals surface area contributed by atoms with E-state index in [4.69, 9.17) is 4.42 Å². The summed E-state index contributed by atoms with van der Waals surface area (Å²) in [6.07, 6.45) is 1.45. The summed E-state index contributed by atoms with van der Waals surface area (Å²) in [4.78, 5) is 12.8. The molecule has 0 spiro atoms. The van der Waals surface area contributed by atoms with Gasteiger partial charge >= 0.3 is 5.95 Å². The number of nitrogens with zero attached hydrogens (tertiary/aromatic N) is 3. The Labute approximate surface area is 128 Å². The SMILES string of the molecule is Cc1cc(C)nc(N=Cc2nc(-c3ccccc3)oc2O)c1. The van der Waals surface area contributed by atoms with Crippen molar-refractivity contribution in [1.29, 1.82) is 0 Å². The maximum absolute atomic E-state index is 9.84. The topological polar surface area (TPSA) is 71.5 Å². The van der Waals surface area contributed by atoms with E-state index in [9.17, 15) is 5.11 Å². The third kappa shape index (κ3) is 3.03. The van der Waals surface area contributed by atoms with Gasteiger partial charge in [-0.2, -0.15) is 0 Å². The molecule has 22 heavy (non-hydrogen) atoms. The third-order valence-corrected chi connectivity index (χ3v) is 3.06. The van der Waals surface area contributed by atoms with Crippen LogP contribution in [-0.4, -0.2) is 21.3 Å². The fourth-order valence-electron chi connectivity index (χ4n) is 2.13. The van der Waals surface area contributed by atoms with Gasteiger partial charge in [-0.25, -0.2) is 15.0 Å². The number of pyridine rings is 1. The van der Waals surface area contributed by atoms with E-state index in [0.29, 0.717) is 11.7 Å². The summed E-state index contributed by atoms with van der Waals surface area (Å²) in [6.45, 7) is 3.89. The van der Waals surface area contributed by atoms with Gasteiger partial charge in [-0.1, -0.05) is 18.2 Å². The van der Waals surface area contributed by atoms with Crippen LogP contribution in [-0.2, 0) is 0 Å². The minimum atomic E-state index is -0.257. The molecule has 0 radical (unpaired) electrons. The zero-order chi connectivity index (χ0) is 15.5. The number of rotatable bonds is 3. The fraction of sp³-hybridized carbons (Fsp3) is 0.118. The second kappa shape index (κ2) is 5.81. The van der Waals surface area contributed by atoms with Gasteiger partial charge in [0.25, 0.3) is 0 Å². The average Bonchev–Trinajstić information content (AvgIpc) is 2.86. The molecular formula is C17H15N3O2. The third-order valence-electron chi connectivity index (χ3n) is 3.06. The summed E-state index contributed by atoms with van der Waals surface area (Å²) in [5.41, 5.74) is 3.04. The van der Waals surface area contributed by atoms with E-state index >= 15 is 0 Å². The first-order chi connectivity index (χ1) is 10.6. The summed E-state index contributed by atoms with van der Waals surface area (Å²) in [7, 11) is 0. The molecule has 5 heteroatoms. The predicted octanol–water partition coefficient (Wildman–Crippen LogP) is 3.81. The van der Waals surface area contributed by atoms with E-state index in [1.54, 1.807) is 0 Å². The standard InChI is InChI=1S/C17H15N3O2/c1-11-8-12(2)19-15(9-11)18-10-14-17(21)22-16(20-14)13-6-4-3-5-7-13/h3-10,21H,1-2H3. The van der Waals surface area contributed by atoms with Gasteiger partial charge in [0.15, 0.2) is 11.5 Å². The maximum atomic E-state index is 9.84. The molecule has 5 nitrogen and oxygen atoms in total. The lowest BCUT2D eigenvalue weighted by Gasteiger charge is -1.97. The molecule has 0 saturated carbocycles. The molecule has 0 unspecified atom stereocenters. The highest BCUT2D eigenvalue weighted by atomic mass is 16.5. The van der Waals surface area contributed by atoms with Crippen molar-refractivity contribution < 1.29 is 9.52 Å². The van der Waals surface area contributed by atoms with Crippen molar-refractivity contribution in [3.8, 4) is 17.4 Å². The molecular weight excluding hydrogens is 278 g/mol. The molecule has 1 N–H and O–H groups in total. The monoisotopic (exact) mass is 293 g/mol. The van der Waals surface area contributed by atoms with Crippen LogP contribution in [0.5, 0.6) is 5.95 Å². The first-order valence-corrected chi connectivity index (χ1v) is 6.86. The Hall–Kier alpha value is -2.95. The summed E-state index contributed by atoms with van der Waals surface area (Å²) in [5.74, 6) is 0.668. The van der Waals surface area contributed by atoms with Crippen LogP contribution >= 0.6 is 0 Å². The number of oxazole rings is 1. The predicted molar refractivity (Wildman–Crippen MR) is 84.6 cm³/mol. The molecule has 0 aliphatic heterocycles. The van der Waals surface area contributed by atoms with Crippen molar-refractivity contribution in [3.63, 3.8) is 0 Å². The lowest BCUT2D eigenvalue weighted by molar-refractivity contribution is 0.337. The number of hydrogen-bond acceptors (Lipinski definition) is 5. The normalized spacial score (nSPS) is 11.2. The van der Waals surface area contributed by atoms with E-state index in [0.717, 1.165) is 16.8 Å². The molecule has 0 bridgehead atoms. The van der Waals surface area contributed by atoms with E-state index in [2.05, 4.69) is 15.0 Å². The van der Waals surface area contributed by atoms with Crippen molar-refractivity contribution in [2.24, 2.45) is 4.99 Å². The van der Waals surface area contributed by atoms with Gasteiger partial charge in [-0.3, -0.25) is 0 Å². The van der Waals surface area contributed by atoms with Crippen molar-refractivity contribution in [1.82, 2.24) is 9.97 Å². The van der Waals surface area contributed by atoms with Crippen LogP contribution < -0.4 is 0 Å². The number of aromatic hydroxyl groups is 1. The summed E-state index contributed by atoms with van der Waals surface area (Å²) >= 11 is 0. The molecule has 2 heterocycles. The van der Waals surface area contributed by atoms with Gasteiger partial charge in [0.2, 0.25) is 5.89 Å². The molecule has 0 amide bonds. The van der Waals surface area contributed by atoms with Crippen LogP contribution in [0.15, 0.2) is 51.9 Å². The van der Waals surface area contributed by atoms with E-state index in [1.165, 1.54) is 6.21 Å². The number of aliphatic imine (C=N–C) groups is 1. The molecule has 2 aromatic heterocycles. The maximum Gasteiger partial charge on any atom is 0.312 e. The van der Waals surface area contributed by atoms with Gasteiger partial charge in [-0.15, -0.1) is 0 Å². The quantitative estimate of drug-likeness (QED) is 0.745. The number of aromatic nitrogens is 2. The lowest BCUT2D eigenvalue weighted by atomic mass is 10.2. The summed E-state index contributed by atoms with van der Waals surface area (Å²) in [5, 5.41) is 9.84. The van der Waals surface area contributed by atoms with Gasteiger partial charge < -0.3 is 9.52 Å². The van der Waals surface area contributed by atoms with Gasteiger partial charge in [0, 0.05) is 11.3 Å². The average molecular weight is 293 g/mol. The van der Waals surface area contributed by atoms with Crippen LogP contribution in [0.3, 0.4) is 0 Å². The Morgan fingerprint density at radius 2 is 1.86 bits per heavy atom. The van der Waals surface area contributed by atoms with Crippen LogP contribution in [0.25, 0.3) is 11.5 Å². The van der Waals surface area contributed by atoms with Crippen molar-refractivity contribution >= 4 is 12.0 Å². The van der Waals surface area contributed by atoms with E-state index < -0.39 is 0 Å². The highest BCUT2D eigenvalue weighted by Crippen LogP contribution is 2.25. The van der Waals surface area contributed by atoms with Crippen LogP contribution in [0, 0.1) is 13.8 Å². The largest absolute Gasteiger partial charge is 0.479 e. The fourth-order valence-corrected chi connectivity index (χ4v) is 2.13. The van der Waals surface area contributed by atoms with Crippen LogP contribution in [0.4, 0.5) is 5.82 Å². The van der Waals surface area contributed by atoms with Crippen LogP contribution in [0.2, 0.25) is 0 Å². The Balaban J connectivity index is 1.90. The minimum Gasteiger partial charge on any atom is -0.479 e. The smallest absolute Gasteiger partial charge is 0.312 e. The van der Waals surface area contributed by atoms with E-state index in [1.807, 2.05) is 56.3 Å². The molecule has 0 aliphatic carbocycles. The molecule has 110 valence electrons. The Morgan fingerprint density at radius 3 is 2.59 bits per heavy atom. The van der Waals surface area contributed by atoms with Crippen molar-refractivity contribution in [2.45, 2.75) is 13.8 Å². The summed E-state index contributed by atoms with van der Waals surface area (Å²) in [6, 6.07) is 13.2. The first-order valence-electron chi connectivity index (χ1n) is 6.86. The summed E-state index contributed by atoms with van der Waals surface area (Å²) < 4.78 is 5.27. The Kier molecular flexibility index (Phi) is 3.70. The van der Waals surface area contributed by atoms with Gasteiger partial charge in [-0.05, 0) is 43.7 Å². The van der Waals surface area contributed by atoms with Crippen LogP contribution in [0.1, 0.15) is 17.0 Å². The Morgan fingerprint density at radius 1 is 1.09 bits per heavy atom. The zero-order valence-corrected chi connectivity index (χ0v) is 12.3. The zero-order valence-electron chi connectivity index (χ0n) is 12.3. The number of hydrogen-bond donors (Lipinski definition) is 1. The number of aryl methyl sites for hydroxylation is 2. The second-order valence-electron chi connectivity index (χ2n) is 4.98. The van der Waals surface area contributed by atoms with E-state index in [-0.39, 0.29) is 11.6 Å². The highest BCUT2D eigenvalue weighted by Gasteiger charge is 2.11. The Bertz CT molecular complexity index is 803. The second-order valence-corrected chi connectivity index (χ2v) is 4.98. The molecule has 1 aromatic carbocycles. The molecule has 0 saturated heterocycles. The lowest BCUT2D eigenvalue weighted by Crippen LogP contribution is -1.86. The molecule has 0 aliphatic rings. The van der Waals surface area contributed by atoms with Crippen molar-refractivity contribution in [3.05, 3.63) is 59.4 Å². The molecule has 3 rings (SSSR count). The van der Waals surface area contributed by atoms with Crippen molar-refractivity contribution in [2.75, 3.05) is 0 Å². The number of benzene rings is 1. The molecule has 0 atom stereocenters. The van der Waals surface area contributed by atoms with Gasteiger partial charge in [0.05, 0.1) is 6.21 Å². The molecule has 3 aromatic rings. The first kappa shape index (κ1) is 14.0. The highest BCUT2D eigenvalue weighted by molar-refractivity contribution is 5.82. The minimum absolute atomic E-state index is 0.257.